The maximum Gasteiger partial charge on any atom is 0.271 e. The maximum atomic E-state index is 12.7. The average molecular weight is 486 g/mol. The number of carbonyl (C=O) groups excluding carboxylic acids is 2. The summed E-state index contributed by atoms with van der Waals surface area (Å²) in [6.07, 6.45) is 1.29. The molecule has 0 heterocycles. The van der Waals surface area contributed by atoms with Crippen molar-refractivity contribution in [2.24, 2.45) is 0 Å². The number of hydrogen-bond acceptors (Lipinski definition) is 7. The number of nitro benzene ring substituents is 1. The van der Waals surface area contributed by atoms with Crippen LogP contribution in [0.15, 0.2) is 72.3 Å². The molecule has 0 aliphatic heterocycles. The molecule has 0 aliphatic rings. The Labute approximate surface area is 206 Å². The number of nitrogens with zero attached hydrogens (tertiary/aromatic N) is 2. The van der Waals surface area contributed by atoms with Crippen molar-refractivity contribution in [3.63, 3.8) is 0 Å². The summed E-state index contributed by atoms with van der Waals surface area (Å²) >= 11 is 0. The minimum atomic E-state index is -0.767. The van der Waals surface area contributed by atoms with Crippen LogP contribution in [0.2, 0.25) is 0 Å². The Morgan fingerprint density at radius 2 is 1.78 bits per heavy atom. The number of non-ortho nitro benzene ring substituents is 1. The van der Waals surface area contributed by atoms with Crippen LogP contribution in [0.4, 0.5) is 17.1 Å². The maximum absolute atomic E-state index is 12.7. The summed E-state index contributed by atoms with van der Waals surface area (Å²) in [4.78, 5) is 35.4. The number of benzene rings is 3. The van der Waals surface area contributed by atoms with Crippen molar-refractivity contribution >= 4 is 35.0 Å². The Bertz CT molecular complexity index is 1380. The SMILES string of the molecule is COc1ccc(/C=C(\C#N)C(=O)Nc2cccc([N+](=O)[O-])c2)c(OCC(=O)Nc2cccc(C)c2)c1. The van der Waals surface area contributed by atoms with E-state index in [2.05, 4.69) is 10.6 Å². The summed E-state index contributed by atoms with van der Waals surface area (Å²) in [7, 11) is 1.46. The standard InChI is InChI=1S/C26H22N4O6/c1-17-5-3-6-20(11-17)28-25(31)16-36-24-14-23(35-2)10-9-18(24)12-19(15-27)26(32)29-21-7-4-8-22(13-21)30(33)34/h3-14H,16H2,1-2H3,(H,28,31)(H,29,32)/b19-12+. The number of amides is 2. The van der Waals surface area contributed by atoms with Gasteiger partial charge in [0.25, 0.3) is 17.5 Å². The molecule has 0 fully saturated rings. The second-order valence-corrected chi connectivity index (χ2v) is 7.54. The van der Waals surface area contributed by atoms with E-state index in [1.165, 1.54) is 43.5 Å². The number of aryl methyl sites for hydroxylation is 1. The normalized spacial score (nSPS) is 10.6. The third-order valence-electron chi connectivity index (χ3n) is 4.86. The molecular formula is C26H22N4O6. The Morgan fingerprint density at radius 3 is 2.44 bits per heavy atom. The average Bonchev–Trinajstić information content (AvgIpc) is 2.86. The van der Waals surface area contributed by atoms with Crippen LogP contribution in [0.5, 0.6) is 11.5 Å². The minimum Gasteiger partial charge on any atom is -0.497 e. The van der Waals surface area contributed by atoms with Gasteiger partial charge in [-0.3, -0.25) is 19.7 Å². The second kappa shape index (κ2) is 11.8. The van der Waals surface area contributed by atoms with Gasteiger partial charge in [-0.25, -0.2) is 0 Å². The highest BCUT2D eigenvalue weighted by molar-refractivity contribution is 6.10. The van der Waals surface area contributed by atoms with Crippen LogP contribution in [0.3, 0.4) is 0 Å². The number of nitriles is 1. The van der Waals surface area contributed by atoms with E-state index in [0.29, 0.717) is 17.0 Å². The van der Waals surface area contributed by atoms with E-state index < -0.39 is 16.7 Å². The van der Waals surface area contributed by atoms with Crippen molar-refractivity contribution in [2.45, 2.75) is 6.92 Å². The molecule has 36 heavy (non-hydrogen) atoms. The summed E-state index contributed by atoms with van der Waals surface area (Å²) in [5.74, 6) is -0.510. The van der Waals surface area contributed by atoms with Gasteiger partial charge >= 0.3 is 0 Å². The van der Waals surface area contributed by atoms with E-state index >= 15 is 0 Å². The van der Waals surface area contributed by atoms with Gasteiger partial charge in [0.2, 0.25) is 0 Å². The van der Waals surface area contributed by atoms with Gasteiger partial charge in [-0.1, -0.05) is 18.2 Å². The minimum absolute atomic E-state index is 0.161. The summed E-state index contributed by atoms with van der Waals surface area (Å²) in [5, 5.41) is 25.7. The molecule has 2 N–H and O–H groups in total. The zero-order chi connectivity index (χ0) is 26.1. The number of anilines is 2. The fourth-order valence-corrected chi connectivity index (χ4v) is 3.15. The molecule has 2 amide bonds. The first-order chi connectivity index (χ1) is 17.3. The van der Waals surface area contributed by atoms with Crippen LogP contribution in [0.1, 0.15) is 11.1 Å². The molecular weight excluding hydrogens is 464 g/mol. The van der Waals surface area contributed by atoms with E-state index in [1.807, 2.05) is 31.2 Å². The van der Waals surface area contributed by atoms with Gasteiger partial charge in [0, 0.05) is 35.1 Å². The molecule has 0 aliphatic carbocycles. The van der Waals surface area contributed by atoms with Crippen LogP contribution < -0.4 is 20.1 Å². The predicted octanol–water partition coefficient (Wildman–Crippen LogP) is 4.48. The van der Waals surface area contributed by atoms with Crippen molar-refractivity contribution in [1.29, 1.82) is 5.26 Å². The number of rotatable bonds is 9. The Morgan fingerprint density at radius 1 is 1.06 bits per heavy atom. The monoisotopic (exact) mass is 486 g/mol. The molecule has 0 atom stereocenters. The number of hydrogen-bond donors (Lipinski definition) is 2. The van der Waals surface area contributed by atoms with Crippen LogP contribution in [-0.4, -0.2) is 30.5 Å². The second-order valence-electron chi connectivity index (χ2n) is 7.54. The van der Waals surface area contributed by atoms with E-state index in [9.17, 15) is 25.0 Å². The molecule has 182 valence electrons. The van der Waals surface area contributed by atoms with Gasteiger partial charge in [0.1, 0.15) is 23.1 Å². The molecule has 0 aromatic heterocycles. The van der Waals surface area contributed by atoms with Crippen molar-refractivity contribution in [2.75, 3.05) is 24.4 Å². The van der Waals surface area contributed by atoms with Gasteiger partial charge in [-0.05, 0) is 48.9 Å². The number of methoxy groups -OCH3 is 1. The van der Waals surface area contributed by atoms with Gasteiger partial charge in [0.05, 0.1) is 12.0 Å². The van der Waals surface area contributed by atoms with Crippen molar-refractivity contribution in [1.82, 2.24) is 0 Å². The molecule has 0 saturated heterocycles. The first kappa shape index (κ1) is 25.5. The predicted molar refractivity (Wildman–Crippen MR) is 134 cm³/mol. The molecule has 3 rings (SSSR count). The topological polar surface area (TPSA) is 144 Å². The van der Waals surface area contributed by atoms with E-state index in [4.69, 9.17) is 9.47 Å². The lowest BCUT2D eigenvalue weighted by atomic mass is 10.1. The van der Waals surface area contributed by atoms with Crippen LogP contribution >= 0.6 is 0 Å². The molecule has 0 spiro atoms. The van der Waals surface area contributed by atoms with Crippen molar-refractivity contribution in [3.05, 3.63) is 93.5 Å². The summed E-state index contributed by atoms with van der Waals surface area (Å²) in [6.45, 7) is 1.58. The lowest BCUT2D eigenvalue weighted by Gasteiger charge is -2.12. The number of carbonyl (C=O) groups is 2. The zero-order valence-electron chi connectivity index (χ0n) is 19.5. The molecule has 10 heteroatoms. The molecule has 10 nitrogen and oxygen atoms in total. The molecule has 3 aromatic rings. The van der Waals surface area contributed by atoms with Crippen LogP contribution in [-0.2, 0) is 9.59 Å². The van der Waals surface area contributed by atoms with Gasteiger partial charge in [0.15, 0.2) is 6.61 Å². The molecule has 0 unspecified atom stereocenters. The fraction of sp³-hybridized carbons (Fsp3) is 0.115. The Kier molecular flexibility index (Phi) is 8.35. The molecule has 0 radical (unpaired) electrons. The molecule has 0 bridgehead atoms. The highest BCUT2D eigenvalue weighted by Crippen LogP contribution is 2.27. The van der Waals surface area contributed by atoms with E-state index in [-0.39, 0.29) is 29.3 Å². The lowest BCUT2D eigenvalue weighted by Crippen LogP contribution is -2.20. The fourth-order valence-electron chi connectivity index (χ4n) is 3.15. The van der Waals surface area contributed by atoms with Gasteiger partial charge in [-0.2, -0.15) is 5.26 Å². The first-order valence-corrected chi connectivity index (χ1v) is 10.6. The summed E-state index contributed by atoms with van der Waals surface area (Å²) < 4.78 is 10.9. The van der Waals surface area contributed by atoms with E-state index in [0.717, 1.165) is 5.56 Å². The van der Waals surface area contributed by atoms with Crippen LogP contribution in [0.25, 0.3) is 6.08 Å². The Hall–Kier alpha value is -5.17. The zero-order valence-corrected chi connectivity index (χ0v) is 19.5. The smallest absolute Gasteiger partial charge is 0.271 e. The van der Waals surface area contributed by atoms with Crippen LogP contribution in [0, 0.1) is 28.4 Å². The Balaban J connectivity index is 1.78. The third-order valence-corrected chi connectivity index (χ3v) is 4.86. The number of nitrogens with one attached hydrogen (secondary N) is 2. The van der Waals surface area contributed by atoms with E-state index in [1.54, 1.807) is 18.2 Å². The largest absolute Gasteiger partial charge is 0.497 e. The van der Waals surface area contributed by atoms with Gasteiger partial charge < -0.3 is 20.1 Å². The highest BCUT2D eigenvalue weighted by Gasteiger charge is 2.15. The van der Waals surface area contributed by atoms with Gasteiger partial charge in [-0.15, -0.1) is 0 Å². The number of ether oxygens (including phenoxy) is 2. The quantitative estimate of drug-likeness (QED) is 0.196. The molecule has 0 saturated carbocycles. The summed E-state index contributed by atoms with van der Waals surface area (Å²) in [6, 6.07) is 19.2. The highest BCUT2D eigenvalue weighted by atomic mass is 16.6. The lowest BCUT2D eigenvalue weighted by molar-refractivity contribution is -0.384. The first-order valence-electron chi connectivity index (χ1n) is 10.6. The summed E-state index contributed by atoms with van der Waals surface area (Å²) in [5.41, 5.74) is 1.64. The molecule has 3 aromatic carbocycles. The number of nitro groups is 1. The van der Waals surface area contributed by atoms with Crippen molar-refractivity contribution in [3.8, 4) is 17.6 Å². The third kappa shape index (κ3) is 6.91. The van der Waals surface area contributed by atoms with Crippen molar-refractivity contribution < 1.29 is 24.0 Å².